The number of hydrogen-bond acceptors (Lipinski definition) is 4. The number of nitrogens with one attached hydrogen (secondary N) is 1. The zero-order valence-electron chi connectivity index (χ0n) is 11.5. The van der Waals surface area contributed by atoms with Gasteiger partial charge in [-0.15, -0.1) is 0 Å². The summed E-state index contributed by atoms with van der Waals surface area (Å²) in [5, 5.41) is 3.02. The Bertz CT molecular complexity index is 661. The van der Waals surface area contributed by atoms with E-state index in [4.69, 9.17) is 4.74 Å². The van der Waals surface area contributed by atoms with Crippen LogP contribution in [0.2, 0.25) is 0 Å². The molecule has 0 heterocycles. The van der Waals surface area contributed by atoms with Gasteiger partial charge in [-0.3, -0.25) is 0 Å². The first kappa shape index (κ1) is 14.6. The van der Waals surface area contributed by atoms with E-state index in [9.17, 15) is 8.42 Å². The van der Waals surface area contributed by atoms with Crippen molar-refractivity contribution >= 4 is 9.84 Å². The van der Waals surface area contributed by atoms with Crippen LogP contribution in [-0.2, 0) is 16.4 Å². The molecule has 0 unspecified atom stereocenters. The average Bonchev–Trinajstić information content (AvgIpc) is 2.48. The van der Waals surface area contributed by atoms with Gasteiger partial charge in [0.15, 0.2) is 0 Å². The lowest BCUT2D eigenvalue weighted by molar-refractivity contribution is 0.414. The molecule has 106 valence electrons. The number of methoxy groups -OCH3 is 1. The molecule has 0 radical (unpaired) electrons. The van der Waals surface area contributed by atoms with Crippen LogP contribution in [0.25, 0.3) is 0 Å². The molecule has 0 amide bonds. The van der Waals surface area contributed by atoms with E-state index in [0.29, 0.717) is 17.2 Å². The van der Waals surface area contributed by atoms with Gasteiger partial charge in [0.05, 0.1) is 16.9 Å². The highest BCUT2D eigenvalue weighted by molar-refractivity contribution is 7.91. The molecule has 5 heteroatoms. The first-order valence-electron chi connectivity index (χ1n) is 6.20. The summed E-state index contributed by atoms with van der Waals surface area (Å²) in [5.74, 6) is 0.633. The van der Waals surface area contributed by atoms with Gasteiger partial charge in [-0.2, -0.15) is 0 Å². The Morgan fingerprint density at radius 3 is 1.90 bits per heavy atom. The molecule has 2 rings (SSSR count). The Hall–Kier alpha value is -1.85. The van der Waals surface area contributed by atoms with Crippen molar-refractivity contribution in [3.63, 3.8) is 0 Å². The van der Waals surface area contributed by atoms with Gasteiger partial charge in [-0.1, -0.05) is 12.1 Å². The third-order valence-electron chi connectivity index (χ3n) is 2.98. The lowest BCUT2D eigenvalue weighted by atomic mass is 10.2. The molecular weight excluding hydrogens is 274 g/mol. The molecule has 2 aromatic rings. The van der Waals surface area contributed by atoms with E-state index in [-0.39, 0.29) is 4.90 Å². The quantitative estimate of drug-likeness (QED) is 0.918. The zero-order valence-corrected chi connectivity index (χ0v) is 12.3. The van der Waals surface area contributed by atoms with Crippen molar-refractivity contribution in [2.75, 3.05) is 14.2 Å². The molecule has 0 saturated carbocycles. The number of sulfone groups is 1. The molecule has 4 nitrogen and oxygen atoms in total. The molecule has 0 fully saturated rings. The monoisotopic (exact) mass is 291 g/mol. The van der Waals surface area contributed by atoms with Gasteiger partial charge in [0, 0.05) is 6.54 Å². The van der Waals surface area contributed by atoms with Gasteiger partial charge in [-0.25, -0.2) is 8.42 Å². The van der Waals surface area contributed by atoms with Crippen LogP contribution in [0.1, 0.15) is 5.56 Å². The fourth-order valence-electron chi connectivity index (χ4n) is 1.88. The van der Waals surface area contributed by atoms with E-state index >= 15 is 0 Å². The van der Waals surface area contributed by atoms with Crippen LogP contribution in [0.4, 0.5) is 0 Å². The molecule has 2 aromatic carbocycles. The smallest absolute Gasteiger partial charge is 0.206 e. The number of ether oxygens (including phenoxy) is 1. The number of hydrogen-bond donors (Lipinski definition) is 1. The maximum absolute atomic E-state index is 12.4. The SMILES string of the molecule is CNCc1ccc(S(=O)(=O)c2ccc(OC)cc2)cc1. The fourth-order valence-corrected chi connectivity index (χ4v) is 3.14. The van der Waals surface area contributed by atoms with Gasteiger partial charge in [0.1, 0.15) is 5.75 Å². The van der Waals surface area contributed by atoms with Crippen molar-refractivity contribution in [1.82, 2.24) is 5.32 Å². The van der Waals surface area contributed by atoms with Crippen LogP contribution in [0.15, 0.2) is 58.3 Å². The van der Waals surface area contributed by atoms with Crippen molar-refractivity contribution in [3.05, 3.63) is 54.1 Å². The summed E-state index contributed by atoms with van der Waals surface area (Å²) in [4.78, 5) is 0.558. The second-order valence-corrected chi connectivity index (χ2v) is 6.30. The van der Waals surface area contributed by atoms with E-state index in [0.717, 1.165) is 5.56 Å². The normalized spacial score (nSPS) is 11.3. The predicted octanol–water partition coefficient (Wildman–Crippen LogP) is 2.25. The van der Waals surface area contributed by atoms with Gasteiger partial charge in [-0.05, 0) is 49.0 Å². The van der Waals surface area contributed by atoms with E-state index in [1.54, 1.807) is 43.5 Å². The zero-order chi connectivity index (χ0) is 14.6. The molecule has 0 aliphatic rings. The van der Waals surface area contributed by atoms with E-state index in [1.165, 1.54) is 0 Å². The van der Waals surface area contributed by atoms with Crippen LogP contribution in [-0.4, -0.2) is 22.6 Å². The summed E-state index contributed by atoms with van der Waals surface area (Å²) in [6.07, 6.45) is 0. The van der Waals surface area contributed by atoms with Crippen LogP contribution >= 0.6 is 0 Å². The molecule has 0 aliphatic carbocycles. The standard InChI is InChI=1S/C15H17NO3S/c1-16-11-12-3-7-14(8-4-12)20(17,18)15-9-5-13(19-2)6-10-15/h3-10,16H,11H2,1-2H3. The summed E-state index contributed by atoms with van der Waals surface area (Å²) in [6.45, 7) is 0.711. The molecule has 0 atom stereocenters. The molecular formula is C15H17NO3S. The molecule has 0 aromatic heterocycles. The Kier molecular flexibility index (Phi) is 4.42. The molecule has 1 N–H and O–H groups in total. The molecule has 0 saturated heterocycles. The van der Waals surface area contributed by atoms with Crippen molar-refractivity contribution < 1.29 is 13.2 Å². The lowest BCUT2D eigenvalue weighted by Crippen LogP contribution is -2.06. The maximum Gasteiger partial charge on any atom is 0.206 e. The summed E-state index contributed by atoms with van der Waals surface area (Å²) in [5.41, 5.74) is 1.04. The summed E-state index contributed by atoms with van der Waals surface area (Å²) in [7, 11) is -0.0768. The molecule has 0 aliphatic heterocycles. The van der Waals surface area contributed by atoms with Crippen molar-refractivity contribution in [3.8, 4) is 5.75 Å². The highest BCUT2D eigenvalue weighted by Crippen LogP contribution is 2.23. The van der Waals surface area contributed by atoms with Crippen LogP contribution in [0, 0.1) is 0 Å². The topological polar surface area (TPSA) is 55.4 Å². The molecule has 20 heavy (non-hydrogen) atoms. The number of rotatable bonds is 5. The molecule has 0 bridgehead atoms. The van der Waals surface area contributed by atoms with Gasteiger partial charge in [0.25, 0.3) is 0 Å². The second kappa shape index (κ2) is 6.07. The van der Waals surface area contributed by atoms with Crippen LogP contribution in [0.5, 0.6) is 5.75 Å². The van der Waals surface area contributed by atoms with Crippen molar-refractivity contribution in [2.24, 2.45) is 0 Å². The predicted molar refractivity (Wildman–Crippen MR) is 77.7 cm³/mol. The average molecular weight is 291 g/mol. The van der Waals surface area contributed by atoms with Gasteiger partial charge < -0.3 is 10.1 Å². The Morgan fingerprint density at radius 2 is 1.45 bits per heavy atom. The van der Waals surface area contributed by atoms with E-state index < -0.39 is 9.84 Å². The summed E-state index contributed by atoms with van der Waals surface area (Å²) >= 11 is 0. The Balaban J connectivity index is 2.33. The minimum absolute atomic E-state index is 0.264. The summed E-state index contributed by atoms with van der Waals surface area (Å²) in [6, 6.07) is 13.3. The first-order valence-corrected chi connectivity index (χ1v) is 7.69. The second-order valence-electron chi connectivity index (χ2n) is 4.35. The van der Waals surface area contributed by atoms with Crippen molar-refractivity contribution in [2.45, 2.75) is 16.3 Å². The maximum atomic E-state index is 12.4. The third kappa shape index (κ3) is 3.00. The van der Waals surface area contributed by atoms with Gasteiger partial charge >= 0.3 is 0 Å². The number of benzene rings is 2. The minimum Gasteiger partial charge on any atom is -0.497 e. The van der Waals surface area contributed by atoms with E-state index in [2.05, 4.69) is 5.32 Å². The van der Waals surface area contributed by atoms with E-state index in [1.807, 2.05) is 19.2 Å². The largest absolute Gasteiger partial charge is 0.497 e. The fraction of sp³-hybridized carbons (Fsp3) is 0.200. The minimum atomic E-state index is -3.47. The third-order valence-corrected chi connectivity index (χ3v) is 4.77. The highest BCUT2D eigenvalue weighted by Gasteiger charge is 2.17. The highest BCUT2D eigenvalue weighted by atomic mass is 32.2. The van der Waals surface area contributed by atoms with Crippen LogP contribution in [0.3, 0.4) is 0 Å². The van der Waals surface area contributed by atoms with Gasteiger partial charge in [0.2, 0.25) is 9.84 Å². The Labute approximate surface area is 119 Å². The van der Waals surface area contributed by atoms with Crippen LogP contribution < -0.4 is 10.1 Å². The Morgan fingerprint density at radius 1 is 0.950 bits per heavy atom. The first-order chi connectivity index (χ1) is 9.57. The molecule has 0 spiro atoms. The van der Waals surface area contributed by atoms with Crippen molar-refractivity contribution in [1.29, 1.82) is 0 Å². The summed E-state index contributed by atoms with van der Waals surface area (Å²) < 4.78 is 29.9. The lowest BCUT2D eigenvalue weighted by Gasteiger charge is -2.07.